The van der Waals surface area contributed by atoms with Gasteiger partial charge in [-0.2, -0.15) is 0 Å². The molecule has 1 atom stereocenters. The fourth-order valence-corrected chi connectivity index (χ4v) is 1.90. The van der Waals surface area contributed by atoms with Gasteiger partial charge in [0.25, 0.3) is 0 Å². The minimum absolute atomic E-state index is 0.294. The van der Waals surface area contributed by atoms with E-state index < -0.39 is 11.7 Å². The van der Waals surface area contributed by atoms with Crippen LogP contribution >= 0.6 is 11.6 Å². The van der Waals surface area contributed by atoms with Crippen molar-refractivity contribution in [2.75, 3.05) is 11.9 Å². The van der Waals surface area contributed by atoms with Gasteiger partial charge in [0, 0.05) is 17.1 Å². The smallest absolute Gasteiger partial charge is 0.412 e. The standard InChI is InChI=1S/C14H18ClNO3/c1-14(2,3)19-13(17)16-10-5-4-9(12(15)7-10)6-11-8-18-11/h4-5,7,11H,6,8H2,1-3H3,(H,16,17). The van der Waals surface area contributed by atoms with E-state index in [1.54, 1.807) is 6.07 Å². The largest absolute Gasteiger partial charge is 0.444 e. The van der Waals surface area contributed by atoms with Crippen LogP contribution < -0.4 is 5.32 Å². The number of rotatable bonds is 3. The number of anilines is 1. The zero-order valence-electron chi connectivity index (χ0n) is 11.3. The molecule has 2 rings (SSSR count). The lowest BCUT2D eigenvalue weighted by atomic mass is 10.1. The van der Waals surface area contributed by atoms with Crippen molar-refractivity contribution in [3.63, 3.8) is 0 Å². The molecule has 1 saturated heterocycles. The Kier molecular flexibility index (Phi) is 4.02. The predicted molar refractivity (Wildman–Crippen MR) is 74.8 cm³/mol. The first-order valence-corrected chi connectivity index (χ1v) is 6.61. The third kappa shape index (κ3) is 4.73. The lowest BCUT2D eigenvalue weighted by Crippen LogP contribution is -2.27. The van der Waals surface area contributed by atoms with Crippen LogP contribution in [-0.4, -0.2) is 24.4 Å². The second-order valence-electron chi connectivity index (χ2n) is 5.59. The van der Waals surface area contributed by atoms with Gasteiger partial charge in [0.15, 0.2) is 0 Å². The van der Waals surface area contributed by atoms with Crippen LogP contribution in [0.25, 0.3) is 0 Å². The van der Waals surface area contributed by atoms with Crippen LogP contribution in [0.3, 0.4) is 0 Å². The van der Waals surface area contributed by atoms with Gasteiger partial charge in [-0.05, 0) is 38.5 Å². The number of benzene rings is 1. The van der Waals surface area contributed by atoms with E-state index in [0.29, 0.717) is 16.8 Å². The van der Waals surface area contributed by atoms with Gasteiger partial charge in [-0.3, -0.25) is 5.32 Å². The van der Waals surface area contributed by atoms with Crippen molar-refractivity contribution in [3.05, 3.63) is 28.8 Å². The van der Waals surface area contributed by atoms with Crippen LogP contribution in [0.2, 0.25) is 5.02 Å². The van der Waals surface area contributed by atoms with Crippen molar-refractivity contribution < 1.29 is 14.3 Å². The van der Waals surface area contributed by atoms with Crippen molar-refractivity contribution in [1.29, 1.82) is 0 Å². The van der Waals surface area contributed by atoms with E-state index in [0.717, 1.165) is 18.6 Å². The predicted octanol–water partition coefficient (Wildman–Crippen LogP) is 3.63. The number of carbonyl (C=O) groups excluding carboxylic acids is 1. The van der Waals surface area contributed by atoms with E-state index >= 15 is 0 Å². The second kappa shape index (κ2) is 5.39. The number of halogens is 1. The number of nitrogens with one attached hydrogen (secondary N) is 1. The van der Waals surface area contributed by atoms with E-state index in [4.69, 9.17) is 21.1 Å². The van der Waals surface area contributed by atoms with Gasteiger partial charge >= 0.3 is 6.09 Å². The highest BCUT2D eigenvalue weighted by Crippen LogP contribution is 2.25. The highest BCUT2D eigenvalue weighted by molar-refractivity contribution is 6.31. The Bertz CT molecular complexity index is 478. The Balaban J connectivity index is 1.97. The van der Waals surface area contributed by atoms with E-state index in [2.05, 4.69) is 5.32 Å². The molecule has 5 heteroatoms. The van der Waals surface area contributed by atoms with Crippen LogP contribution in [-0.2, 0) is 15.9 Å². The number of epoxide rings is 1. The Hall–Kier alpha value is -1.26. The molecule has 1 amide bonds. The number of carbonyl (C=O) groups is 1. The first-order valence-electron chi connectivity index (χ1n) is 6.23. The summed E-state index contributed by atoms with van der Waals surface area (Å²) in [6, 6.07) is 5.44. The molecule has 1 aliphatic rings. The third-order valence-electron chi connectivity index (χ3n) is 2.55. The van der Waals surface area contributed by atoms with E-state index in [1.165, 1.54) is 0 Å². The normalized spacial score (nSPS) is 18.0. The van der Waals surface area contributed by atoms with Crippen LogP contribution in [0.15, 0.2) is 18.2 Å². The Labute approximate surface area is 118 Å². The number of amides is 1. The molecule has 0 saturated carbocycles. The molecule has 0 aliphatic carbocycles. The summed E-state index contributed by atoms with van der Waals surface area (Å²) in [4.78, 5) is 11.6. The van der Waals surface area contributed by atoms with Gasteiger partial charge in [-0.25, -0.2) is 4.79 Å². The van der Waals surface area contributed by atoms with Gasteiger partial charge < -0.3 is 9.47 Å². The molecule has 1 aliphatic heterocycles. The molecule has 104 valence electrons. The summed E-state index contributed by atoms with van der Waals surface area (Å²) >= 11 is 6.17. The van der Waals surface area contributed by atoms with Gasteiger partial charge in [-0.1, -0.05) is 17.7 Å². The lowest BCUT2D eigenvalue weighted by Gasteiger charge is -2.19. The molecule has 0 aromatic heterocycles. The molecule has 4 nitrogen and oxygen atoms in total. The van der Waals surface area contributed by atoms with Crippen molar-refractivity contribution in [1.82, 2.24) is 0 Å². The quantitative estimate of drug-likeness (QED) is 0.862. The Morgan fingerprint density at radius 3 is 2.74 bits per heavy atom. The summed E-state index contributed by atoms with van der Waals surface area (Å²) in [5, 5.41) is 3.29. The van der Waals surface area contributed by atoms with Gasteiger partial charge in [0.2, 0.25) is 0 Å². The zero-order valence-corrected chi connectivity index (χ0v) is 12.1. The molecule has 19 heavy (non-hydrogen) atoms. The van der Waals surface area contributed by atoms with Crippen LogP contribution in [0, 0.1) is 0 Å². The maximum Gasteiger partial charge on any atom is 0.412 e. The first-order chi connectivity index (χ1) is 8.83. The average molecular weight is 284 g/mol. The Morgan fingerprint density at radius 2 is 2.21 bits per heavy atom. The topological polar surface area (TPSA) is 50.9 Å². The molecule has 1 aromatic rings. The molecule has 0 bridgehead atoms. The Morgan fingerprint density at radius 1 is 1.53 bits per heavy atom. The molecule has 1 N–H and O–H groups in total. The highest BCUT2D eigenvalue weighted by atomic mass is 35.5. The molecule has 0 radical (unpaired) electrons. The van der Waals surface area contributed by atoms with E-state index in [9.17, 15) is 4.79 Å². The monoisotopic (exact) mass is 283 g/mol. The van der Waals surface area contributed by atoms with Crippen molar-refractivity contribution >= 4 is 23.4 Å². The summed E-state index contributed by atoms with van der Waals surface area (Å²) in [6.07, 6.45) is 0.620. The van der Waals surface area contributed by atoms with Gasteiger partial charge in [-0.15, -0.1) is 0 Å². The van der Waals surface area contributed by atoms with Gasteiger partial charge in [0.1, 0.15) is 5.60 Å². The van der Waals surface area contributed by atoms with Crippen LogP contribution in [0.5, 0.6) is 0 Å². The maximum atomic E-state index is 11.6. The fourth-order valence-electron chi connectivity index (χ4n) is 1.64. The SMILES string of the molecule is CC(C)(C)OC(=O)Nc1ccc(CC2CO2)c(Cl)c1. The van der Waals surface area contributed by atoms with Crippen molar-refractivity contribution in [2.24, 2.45) is 0 Å². The summed E-state index contributed by atoms with van der Waals surface area (Å²) in [6.45, 7) is 6.25. The maximum absolute atomic E-state index is 11.6. The zero-order chi connectivity index (χ0) is 14.0. The molecule has 1 unspecified atom stereocenters. The average Bonchev–Trinajstić information content (AvgIpc) is 3.03. The van der Waals surface area contributed by atoms with E-state index in [-0.39, 0.29) is 0 Å². The summed E-state index contributed by atoms with van der Waals surface area (Å²) in [7, 11) is 0. The lowest BCUT2D eigenvalue weighted by molar-refractivity contribution is 0.0636. The number of hydrogen-bond donors (Lipinski definition) is 1. The molecule has 0 spiro atoms. The second-order valence-corrected chi connectivity index (χ2v) is 6.00. The number of ether oxygens (including phenoxy) is 2. The van der Waals surface area contributed by atoms with Crippen LogP contribution in [0.1, 0.15) is 26.3 Å². The van der Waals surface area contributed by atoms with Crippen molar-refractivity contribution in [2.45, 2.75) is 38.9 Å². The minimum Gasteiger partial charge on any atom is -0.444 e. The first kappa shape index (κ1) is 14.2. The van der Waals surface area contributed by atoms with Crippen LogP contribution in [0.4, 0.5) is 10.5 Å². The molecule has 1 fully saturated rings. The van der Waals surface area contributed by atoms with Crippen molar-refractivity contribution in [3.8, 4) is 0 Å². The third-order valence-corrected chi connectivity index (χ3v) is 2.90. The number of hydrogen-bond acceptors (Lipinski definition) is 3. The molecule has 1 aromatic carbocycles. The fraction of sp³-hybridized carbons (Fsp3) is 0.500. The summed E-state index contributed by atoms with van der Waals surface area (Å²) in [5.41, 5.74) is 1.13. The summed E-state index contributed by atoms with van der Waals surface area (Å²) in [5.74, 6) is 0. The molecule has 1 heterocycles. The van der Waals surface area contributed by atoms with Gasteiger partial charge in [0.05, 0.1) is 12.7 Å². The van der Waals surface area contributed by atoms with E-state index in [1.807, 2.05) is 32.9 Å². The molecular weight excluding hydrogens is 266 g/mol. The summed E-state index contributed by atoms with van der Waals surface area (Å²) < 4.78 is 10.3. The minimum atomic E-state index is -0.517. The highest BCUT2D eigenvalue weighted by Gasteiger charge is 2.23. The molecular formula is C14H18ClNO3.